The lowest BCUT2D eigenvalue weighted by Crippen LogP contribution is -2.38. The van der Waals surface area contributed by atoms with E-state index >= 15 is 0 Å². The maximum absolute atomic E-state index is 12.1. The smallest absolute Gasteiger partial charge is 0.230 e. The predicted octanol–water partition coefficient (Wildman–Crippen LogP) is 4.66. The van der Waals surface area contributed by atoms with Crippen LogP contribution in [0.5, 0.6) is 0 Å². The maximum Gasteiger partial charge on any atom is 0.230 e. The van der Waals surface area contributed by atoms with Crippen LogP contribution in [-0.4, -0.2) is 22.7 Å². The molecular formula is C20H26N2O2S. The van der Waals surface area contributed by atoms with Crippen LogP contribution in [0.15, 0.2) is 41.0 Å². The number of nitrogens with one attached hydrogen (secondary N) is 1. The van der Waals surface area contributed by atoms with E-state index in [0.717, 1.165) is 30.0 Å². The Balaban J connectivity index is 1.38. The molecular weight excluding hydrogens is 332 g/mol. The standard InChI is InChI=1S/C20H26N2O2S/c1-2-15-8-10-17(11-9-15)21-19(23)14-25-13-18-12-24-20(22-18)16-6-4-3-5-7-16/h3-7,12,15,17H,2,8-11,13-14H2,1H3,(H,21,23). The second-order valence-electron chi connectivity index (χ2n) is 6.70. The van der Waals surface area contributed by atoms with E-state index in [0.29, 0.717) is 23.4 Å². The quantitative estimate of drug-likeness (QED) is 0.782. The fourth-order valence-electron chi connectivity index (χ4n) is 3.32. The van der Waals surface area contributed by atoms with Gasteiger partial charge in [0.2, 0.25) is 11.8 Å². The molecule has 0 saturated heterocycles. The molecule has 25 heavy (non-hydrogen) atoms. The minimum Gasteiger partial charge on any atom is -0.444 e. The number of thioether (sulfide) groups is 1. The van der Waals surface area contributed by atoms with Crippen molar-refractivity contribution in [3.8, 4) is 11.5 Å². The van der Waals surface area contributed by atoms with Crippen LogP contribution < -0.4 is 5.32 Å². The number of hydrogen-bond donors (Lipinski definition) is 1. The van der Waals surface area contributed by atoms with Gasteiger partial charge >= 0.3 is 0 Å². The Morgan fingerprint density at radius 3 is 2.72 bits per heavy atom. The molecule has 0 radical (unpaired) electrons. The molecule has 1 heterocycles. The Bertz CT molecular complexity index is 663. The van der Waals surface area contributed by atoms with Gasteiger partial charge in [0.1, 0.15) is 6.26 Å². The second-order valence-corrected chi connectivity index (χ2v) is 7.68. The van der Waals surface area contributed by atoms with E-state index in [4.69, 9.17) is 4.42 Å². The summed E-state index contributed by atoms with van der Waals surface area (Å²) in [5.74, 6) is 2.78. The first-order chi connectivity index (χ1) is 12.2. The Morgan fingerprint density at radius 2 is 2.00 bits per heavy atom. The van der Waals surface area contributed by atoms with Gasteiger partial charge in [0.05, 0.1) is 11.4 Å². The molecule has 0 atom stereocenters. The zero-order valence-electron chi connectivity index (χ0n) is 14.7. The summed E-state index contributed by atoms with van der Waals surface area (Å²) >= 11 is 1.58. The van der Waals surface area contributed by atoms with Crippen LogP contribution in [0.1, 0.15) is 44.7 Å². The lowest BCUT2D eigenvalue weighted by Gasteiger charge is -2.28. The first-order valence-corrected chi connectivity index (χ1v) is 10.3. The van der Waals surface area contributed by atoms with E-state index in [-0.39, 0.29) is 5.91 Å². The van der Waals surface area contributed by atoms with Crippen molar-refractivity contribution in [3.63, 3.8) is 0 Å². The SMILES string of the molecule is CCC1CCC(NC(=O)CSCc2coc(-c3ccccc3)n2)CC1. The molecule has 1 aliphatic rings. The summed E-state index contributed by atoms with van der Waals surface area (Å²) in [7, 11) is 0. The van der Waals surface area contributed by atoms with Crippen LogP contribution in [0, 0.1) is 5.92 Å². The predicted molar refractivity (Wildman–Crippen MR) is 102 cm³/mol. The molecule has 3 rings (SSSR count). The average Bonchev–Trinajstić information content (AvgIpc) is 3.12. The minimum atomic E-state index is 0.136. The van der Waals surface area contributed by atoms with Crippen molar-refractivity contribution in [1.29, 1.82) is 0 Å². The van der Waals surface area contributed by atoms with Gasteiger partial charge in [-0.15, -0.1) is 11.8 Å². The van der Waals surface area contributed by atoms with Gasteiger partial charge in [0.15, 0.2) is 0 Å². The summed E-state index contributed by atoms with van der Waals surface area (Å²) < 4.78 is 5.53. The Labute approximate surface area is 153 Å². The highest BCUT2D eigenvalue weighted by Gasteiger charge is 2.21. The Kier molecular flexibility index (Phi) is 6.56. The van der Waals surface area contributed by atoms with Crippen LogP contribution in [-0.2, 0) is 10.5 Å². The molecule has 1 aliphatic carbocycles. The zero-order valence-corrected chi connectivity index (χ0v) is 15.6. The number of nitrogens with zero attached hydrogens (tertiary/aromatic N) is 1. The van der Waals surface area contributed by atoms with Crippen molar-refractivity contribution >= 4 is 17.7 Å². The van der Waals surface area contributed by atoms with Crippen molar-refractivity contribution in [2.24, 2.45) is 5.92 Å². The number of hydrogen-bond acceptors (Lipinski definition) is 4. The highest BCUT2D eigenvalue weighted by atomic mass is 32.2. The molecule has 1 N–H and O–H groups in total. The van der Waals surface area contributed by atoms with Gasteiger partial charge in [-0.05, 0) is 43.7 Å². The van der Waals surface area contributed by atoms with Gasteiger partial charge in [0.25, 0.3) is 0 Å². The van der Waals surface area contributed by atoms with Crippen LogP contribution in [0.25, 0.3) is 11.5 Å². The van der Waals surface area contributed by atoms with Gasteiger partial charge < -0.3 is 9.73 Å². The normalized spacial score (nSPS) is 20.4. The van der Waals surface area contributed by atoms with E-state index < -0.39 is 0 Å². The summed E-state index contributed by atoms with van der Waals surface area (Å²) in [5, 5.41) is 3.18. The fraction of sp³-hybridized carbons (Fsp3) is 0.500. The molecule has 2 aromatic rings. The van der Waals surface area contributed by atoms with Crippen molar-refractivity contribution < 1.29 is 9.21 Å². The number of benzene rings is 1. The molecule has 1 aromatic heterocycles. The van der Waals surface area contributed by atoms with E-state index in [1.165, 1.54) is 19.3 Å². The maximum atomic E-state index is 12.1. The number of aromatic nitrogens is 1. The summed E-state index contributed by atoms with van der Waals surface area (Å²) in [6.45, 7) is 2.26. The molecule has 1 aromatic carbocycles. The van der Waals surface area contributed by atoms with Gasteiger partial charge in [-0.2, -0.15) is 0 Å². The number of rotatable bonds is 7. The summed E-state index contributed by atoms with van der Waals surface area (Å²) in [4.78, 5) is 16.6. The fourth-order valence-corrected chi connectivity index (χ4v) is 4.03. The molecule has 0 unspecified atom stereocenters. The molecule has 0 spiro atoms. The first-order valence-electron chi connectivity index (χ1n) is 9.11. The van der Waals surface area contributed by atoms with Gasteiger partial charge in [-0.25, -0.2) is 4.98 Å². The summed E-state index contributed by atoms with van der Waals surface area (Å²) in [6, 6.07) is 10.2. The van der Waals surface area contributed by atoms with Crippen LogP contribution in [0.3, 0.4) is 0 Å². The van der Waals surface area contributed by atoms with Crippen molar-refractivity contribution in [3.05, 3.63) is 42.3 Å². The Morgan fingerprint density at radius 1 is 1.24 bits per heavy atom. The number of carbonyl (C=O) groups excluding carboxylic acids is 1. The second kappa shape index (κ2) is 9.09. The molecule has 1 saturated carbocycles. The average molecular weight is 359 g/mol. The third kappa shape index (κ3) is 5.36. The summed E-state index contributed by atoms with van der Waals surface area (Å²) in [6.07, 6.45) is 7.68. The molecule has 1 fully saturated rings. The lowest BCUT2D eigenvalue weighted by molar-refractivity contribution is -0.119. The van der Waals surface area contributed by atoms with E-state index in [1.807, 2.05) is 30.3 Å². The molecule has 1 amide bonds. The topological polar surface area (TPSA) is 55.1 Å². The third-order valence-electron chi connectivity index (χ3n) is 4.84. The van der Waals surface area contributed by atoms with Crippen molar-refractivity contribution in [2.75, 3.05) is 5.75 Å². The van der Waals surface area contributed by atoms with E-state index in [2.05, 4.69) is 17.2 Å². The highest BCUT2D eigenvalue weighted by molar-refractivity contribution is 7.99. The van der Waals surface area contributed by atoms with E-state index in [9.17, 15) is 4.79 Å². The number of carbonyl (C=O) groups is 1. The molecule has 4 nitrogen and oxygen atoms in total. The molecule has 134 valence electrons. The van der Waals surface area contributed by atoms with E-state index in [1.54, 1.807) is 18.0 Å². The van der Waals surface area contributed by atoms with Crippen LogP contribution >= 0.6 is 11.8 Å². The van der Waals surface area contributed by atoms with Crippen molar-refractivity contribution in [2.45, 2.75) is 50.8 Å². The van der Waals surface area contributed by atoms with Gasteiger partial charge in [-0.3, -0.25) is 4.79 Å². The molecule has 0 aliphatic heterocycles. The number of oxazole rings is 1. The monoisotopic (exact) mass is 358 g/mol. The van der Waals surface area contributed by atoms with Crippen LogP contribution in [0.4, 0.5) is 0 Å². The molecule has 0 bridgehead atoms. The largest absolute Gasteiger partial charge is 0.444 e. The Hall–Kier alpha value is -1.75. The highest BCUT2D eigenvalue weighted by Crippen LogP contribution is 2.26. The van der Waals surface area contributed by atoms with Gasteiger partial charge in [0, 0.05) is 17.4 Å². The summed E-state index contributed by atoms with van der Waals surface area (Å²) in [5.41, 5.74) is 1.85. The third-order valence-corrected chi connectivity index (χ3v) is 5.81. The van der Waals surface area contributed by atoms with Gasteiger partial charge in [-0.1, -0.05) is 31.5 Å². The number of amides is 1. The lowest BCUT2D eigenvalue weighted by atomic mass is 9.84. The minimum absolute atomic E-state index is 0.136. The van der Waals surface area contributed by atoms with Crippen LogP contribution in [0.2, 0.25) is 0 Å². The zero-order chi connectivity index (χ0) is 17.5. The first kappa shape index (κ1) is 18.1. The molecule has 5 heteroatoms. The van der Waals surface area contributed by atoms with Crippen molar-refractivity contribution in [1.82, 2.24) is 10.3 Å².